The lowest BCUT2D eigenvalue weighted by Gasteiger charge is -2.34. The monoisotopic (exact) mass is 437 g/mol. The van der Waals surface area contributed by atoms with Crippen LogP contribution in [-0.4, -0.2) is 54.8 Å². The average molecular weight is 438 g/mol. The molecule has 1 amide bonds. The van der Waals surface area contributed by atoms with E-state index in [0.717, 1.165) is 11.4 Å². The predicted molar refractivity (Wildman–Crippen MR) is 119 cm³/mol. The van der Waals surface area contributed by atoms with Crippen LogP contribution in [0.15, 0.2) is 72.0 Å². The van der Waals surface area contributed by atoms with Gasteiger partial charge in [-0.25, -0.2) is 13.4 Å². The molecule has 0 saturated carbocycles. The van der Waals surface area contributed by atoms with Crippen molar-refractivity contribution in [3.63, 3.8) is 0 Å². The van der Waals surface area contributed by atoms with E-state index in [2.05, 4.69) is 15.3 Å². The first-order valence-corrected chi connectivity index (χ1v) is 11.4. The van der Waals surface area contributed by atoms with Gasteiger partial charge in [-0.3, -0.25) is 9.78 Å². The molecule has 0 bridgehead atoms. The van der Waals surface area contributed by atoms with Crippen LogP contribution in [0.2, 0.25) is 0 Å². The van der Waals surface area contributed by atoms with Gasteiger partial charge in [-0.2, -0.15) is 4.31 Å². The molecule has 160 valence electrons. The summed E-state index contributed by atoms with van der Waals surface area (Å²) in [4.78, 5) is 23.0. The molecule has 3 aromatic rings. The molecule has 8 nitrogen and oxygen atoms in total. The minimum Gasteiger partial charge on any atom is -0.353 e. The number of anilines is 2. The zero-order valence-corrected chi connectivity index (χ0v) is 17.9. The van der Waals surface area contributed by atoms with Crippen LogP contribution >= 0.6 is 0 Å². The van der Waals surface area contributed by atoms with E-state index in [4.69, 9.17) is 0 Å². The highest BCUT2D eigenvalue weighted by atomic mass is 32.2. The lowest BCUT2D eigenvalue weighted by atomic mass is 10.1. The van der Waals surface area contributed by atoms with Crippen LogP contribution in [0.3, 0.4) is 0 Å². The molecule has 1 N–H and O–H groups in total. The van der Waals surface area contributed by atoms with E-state index in [-0.39, 0.29) is 10.8 Å². The third-order valence-corrected chi connectivity index (χ3v) is 7.16. The topological polar surface area (TPSA) is 95.5 Å². The van der Waals surface area contributed by atoms with E-state index < -0.39 is 10.0 Å². The number of amides is 1. The van der Waals surface area contributed by atoms with Crippen molar-refractivity contribution in [1.82, 2.24) is 14.3 Å². The van der Waals surface area contributed by atoms with Crippen molar-refractivity contribution >= 4 is 27.4 Å². The Kier molecular flexibility index (Phi) is 5.97. The number of benzene rings is 2. The molecule has 31 heavy (non-hydrogen) atoms. The molecule has 1 aliphatic heterocycles. The van der Waals surface area contributed by atoms with Crippen molar-refractivity contribution in [3.05, 3.63) is 78.2 Å². The largest absolute Gasteiger partial charge is 0.353 e. The van der Waals surface area contributed by atoms with E-state index in [9.17, 15) is 13.2 Å². The van der Waals surface area contributed by atoms with Gasteiger partial charge in [0.15, 0.2) is 0 Å². The van der Waals surface area contributed by atoms with Gasteiger partial charge in [0.1, 0.15) is 5.82 Å². The molecule has 0 atom stereocenters. The Morgan fingerprint density at radius 2 is 1.68 bits per heavy atom. The van der Waals surface area contributed by atoms with Crippen LogP contribution in [0.5, 0.6) is 0 Å². The summed E-state index contributed by atoms with van der Waals surface area (Å²) in [7, 11) is -3.61. The van der Waals surface area contributed by atoms with Crippen molar-refractivity contribution < 1.29 is 13.2 Å². The van der Waals surface area contributed by atoms with Crippen LogP contribution in [-0.2, 0) is 10.0 Å². The van der Waals surface area contributed by atoms with Crippen LogP contribution in [0, 0.1) is 6.92 Å². The number of sulfonamides is 1. The highest BCUT2D eigenvalue weighted by Gasteiger charge is 2.29. The highest BCUT2D eigenvalue weighted by molar-refractivity contribution is 7.89. The fraction of sp³-hybridized carbons (Fsp3) is 0.227. The van der Waals surface area contributed by atoms with E-state index >= 15 is 0 Å². The summed E-state index contributed by atoms with van der Waals surface area (Å²) in [5.74, 6) is 0.516. The summed E-state index contributed by atoms with van der Waals surface area (Å²) in [5.41, 5.74) is 2.00. The summed E-state index contributed by atoms with van der Waals surface area (Å²) in [6.07, 6.45) is 4.91. The Bertz CT molecular complexity index is 1160. The maximum absolute atomic E-state index is 13.0. The second kappa shape index (κ2) is 8.83. The molecule has 0 aliphatic carbocycles. The maximum atomic E-state index is 13.0. The lowest BCUT2D eigenvalue weighted by Crippen LogP contribution is -2.48. The molecule has 1 fully saturated rings. The van der Waals surface area contributed by atoms with E-state index in [0.29, 0.717) is 37.4 Å². The summed E-state index contributed by atoms with van der Waals surface area (Å²) in [5, 5.41) is 2.81. The molecule has 2 heterocycles. The third-order valence-electron chi connectivity index (χ3n) is 5.25. The lowest BCUT2D eigenvalue weighted by molar-refractivity contribution is 0.102. The van der Waals surface area contributed by atoms with Gasteiger partial charge >= 0.3 is 0 Å². The maximum Gasteiger partial charge on any atom is 0.255 e. The second-order valence-corrected chi connectivity index (χ2v) is 9.19. The van der Waals surface area contributed by atoms with Gasteiger partial charge in [-0.15, -0.1) is 0 Å². The number of hydrogen-bond donors (Lipinski definition) is 1. The van der Waals surface area contributed by atoms with Crippen LogP contribution in [0.4, 0.5) is 11.5 Å². The molecule has 0 unspecified atom stereocenters. The van der Waals surface area contributed by atoms with E-state index in [1.54, 1.807) is 36.8 Å². The SMILES string of the molecule is Cc1ccccc1C(=O)Nc1ccc(S(=O)(=O)N2CCN(c3cnccn3)CC2)cc1. The Balaban J connectivity index is 1.41. The summed E-state index contributed by atoms with van der Waals surface area (Å²) in [6, 6.07) is 13.6. The van der Waals surface area contributed by atoms with E-state index in [1.807, 2.05) is 30.0 Å². The molecule has 4 rings (SSSR count). The molecule has 1 saturated heterocycles. The fourth-order valence-corrected chi connectivity index (χ4v) is 4.92. The molecule has 1 aromatic heterocycles. The number of rotatable bonds is 5. The number of aryl methyl sites for hydroxylation is 1. The Morgan fingerprint density at radius 3 is 2.32 bits per heavy atom. The Morgan fingerprint density at radius 1 is 0.968 bits per heavy atom. The fourth-order valence-electron chi connectivity index (χ4n) is 3.50. The van der Waals surface area contributed by atoms with Crippen LogP contribution in [0.1, 0.15) is 15.9 Å². The molecular weight excluding hydrogens is 414 g/mol. The first kappa shape index (κ1) is 21.0. The number of carbonyl (C=O) groups is 1. The molecule has 2 aromatic carbocycles. The van der Waals surface area contributed by atoms with Gasteiger partial charge in [0.05, 0.1) is 11.1 Å². The zero-order chi connectivity index (χ0) is 21.8. The molecule has 9 heteroatoms. The summed E-state index contributed by atoms with van der Waals surface area (Å²) < 4.78 is 27.5. The van der Waals surface area contributed by atoms with E-state index in [1.165, 1.54) is 16.4 Å². The van der Waals surface area contributed by atoms with Gasteiger partial charge < -0.3 is 10.2 Å². The predicted octanol–water partition coefficient (Wildman–Crippen LogP) is 2.55. The number of aromatic nitrogens is 2. The van der Waals surface area contributed by atoms with Gasteiger partial charge in [0.2, 0.25) is 10.0 Å². The average Bonchev–Trinajstić information content (AvgIpc) is 2.80. The van der Waals surface area contributed by atoms with Gasteiger partial charge in [0, 0.05) is 49.8 Å². The Hall–Kier alpha value is -3.30. The first-order chi connectivity index (χ1) is 14.9. The van der Waals surface area contributed by atoms with Gasteiger partial charge in [0.25, 0.3) is 5.91 Å². The van der Waals surface area contributed by atoms with Crippen molar-refractivity contribution in [3.8, 4) is 0 Å². The van der Waals surface area contributed by atoms with Gasteiger partial charge in [-0.05, 0) is 42.8 Å². The van der Waals surface area contributed by atoms with Crippen molar-refractivity contribution in [1.29, 1.82) is 0 Å². The zero-order valence-electron chi connectivity index (χ0n) is 17.1. The number of piperazine rings is 1. The first-order valence-electron chi connectivity index (χ1n) is 9.93. The minimum atomic E-state index is -3.61. The van der Waals surface area contributed by atoms with Crippen LogP contribution in [0.25, 0.3) is 0 Å². The summed E-state index contributed by atoms with van der Waals surface area (Å²) >= 11 is 0. The summed E-state index contributed by atoms with van der Waals surface area (Å²) in [6.45, 7) is 3.69. The number of nitrogens with one attached hydrogen (secondary N) is 1. The van der Waals surface area contributed by atoms with Crippen molar-refractivity contribution in [2.45, 2.75) is 11.8 Å². The molecule has 1 aliphatic rings. The van der Waals surface area contributed by atoms with Gasteiger partial charge in [-0.1, -0.05) is 18.2 Å². The number of nitrogens with zero attached hydrogens (tertiary/aromatic N) is 4. The van der Waals surface area contributed by atoms with Crippen molar-refractivity contribution in [2.75, 3.05) is 36.4 Å². The standard InChI is InChI=1S/C22H23N5O3S/c1-17-4-2-3-5-20(17)22(28)25-18-6-8-19(9-7-18)31(29,30)27-14-12-26(13-15-27)21-16-23-10-11-24-21/h2-11,16H,12-15H2,1H3,(H,25,28). The second-order valence-electron chi connectivity index (χ2n) is 7.25. The van der Waals surface area contributed by atoms with Crippen LogP contribution < -0.4 is 10.2 Å². The molecular formula is C22H23N5O3S. The smallest absolute Gasteiger partial charge is 0.255 e. The Labute approximate surface area is 181 Å². The number of carbonyl (C=O) groups excluding carboxylic acids is 1. The third kappa shape index (κ3) is 4.57. The minimum absolute atomic E-state index is 0.203. The highest BCUT2D eigenvalue weighted by Crippen LogP contribution is 2.22. The molecule has 0 radical (unpaired) electrons. The normalized spacial score (nSPS) is 14.9. The number of hydrogen-bond acceptors (Lipinski definition) is 6. The van der Waals surface area contributed by atoms with Crippen molar-refractivity contribution in [2.24, 2.45) is 0 Å². The molecule has 0 spiro atoms. The quantitative estimate of drug-likeness (QED) is 0.659.